The maximum Gasteiger partial charge on any atom is 0.216 e. The van der Waals surface area contributed by atoms with E-state index >= 15 is 0 Å². The molecule has 1 aromatic heterocycles. The largest absolute Gasteiger partial charge is 0.356 e. The van der Waals surface area contributed by atoms with Gasteiger partial charge in [-0.05, 0) is 36.4 Å². The summed E-state index contributed by atoms with van der Waals surface area (Å²) < 4.78 is 29.0. The molecule has 1 N–H and O–H groups in total. The fraction of sp³-hybridized carbons (Fsp3) is 0.200. The number of benzene rings is 2. The van der Waals surface area contributed by atoms with Gasteiger partial charge in [0.1, 0.15) is 17.5 Å². The first kappa shape index (κ1) is 20.7. The van der Waals surface area contributed by atoms with E-state index in [0.717, 1.165) is 11.8 Å². The zero-order chi connectivity index (χ0) is 20.8. The number of amides is 1. The lowest BCUT2D eigenvalue weighted by Crippen LogP contribution is -2.23. The Bertz CT molecular complexity index is 1020. The maximum absolute atomic E-state index is 14.4. The van der Waals surface area contributed by atoms with E-state index in [9.17, 15) is 18.4 Å². The summed E-state index contributed by atoms with van der Waals surface area (Å²) in [7, 11) is 0. The van der Waals surface area contributed by atoms with Gasteiger partial charge in [-0.2, -0.15) is 0 Å². The molecule has 0 saturated heterocycles. The second-order valence-corrected chi connectivity index (χ2v) is 7.08. The first-order chi connectivity index (χ1) is 14.0. The molecule has 9 heteroatoms. The summed E-state index contributed by atoms with van der Waals surface area (Å²) in [5, 5.41) is 11.2. The summed E-state index contributed by atoms with van der Waals surface area (Å²) >= 11 is 1.11. The zero-order valence-electron chi connectivity index (χ0n) is 15.6. The quantitative estimate of drug-likeness (QED) is 0.451. The molecule has 0 saturated carbocycles. The number of nitrogens with one attached hydrogen (secondary N) is 1. The van der Waals surface area contributed by atoms with E-state index in [2.05, 4.69) is 15.5 Å². The molecule has 0 bridgehead atoms. The van der Waals surface area contributed by atoms with Crippen LogP contribution < -0.4 is 5.32 Å². The Kier molecular flexibility index (Phi) is 6.71. The second-order valence-electron chi connectivity index (χ2n) is 6.14. The van der Waals surface area contributed by atoms with Crippen molar-refractivity contribution in [2.45, 2.75) is 18.5 Å². The summed E-state index contributed by atoms with van der Waals surface area (Å²) in [6, 6.07) is 11.5. The van der Waals surface area contributed by atoms with Gasteiger partial charge >= 0.3 is 0 Å². The first-order valence-corrected chi connectivity index (χ1v) is 9.79. The SMILES string of the molecule is CC(=O)NCCc1nnc(SCC(=O)c2ccc(F)cc2)n1-c1ccccc1F. The van der Waals surface area contributed by atoms with Gasteiger partial charge < -0.3 is 5.32 Å². The number of carbonyl (C=O) groups excluding carboxylic acids is 2. The van der Waals surface area contributed by atoms with E-state index in [1.807, 2.05) is 0 Å². The van der Waals surface area contributed by atoms with Gasteiger partial charge in [-0.15, -0.1) is 10.2 Å². The lowest BCUT2D eigenvalue weighted by molar-refractivity contribution is -0.118. The molecular formula is C20H18F2N4O2S. The van der Waals surface area contributed by atoms with Gasteiger partial charge in [0, 0.05) is 25.5 Å². The minimum Gasteiger partial charge on any atom is -0.356 e. The number of hydrogen-bond donors (Lipinski definition) is 1. The third-order valence-electron chi connectivity index (χ3n) is 4.01. The first-order valence-electron chi connectivity index (χ1n) is 8.81. The standard InChI is InChI=1S/C20H18F2N4O2S/c1-13(27)23-11-10-19-24-25-20(26(19)17-5-3-2-4-16(17)22)29-12-18(28)14-6-8-15(21)9-7-14/h2-9H,10-12H2,1H3,(H,23,27). The average Bonchev–Trinajstić information content (AvgIpc) is 3.09. The molecule has 0 radical (unpaired) electrons. The van der Waals surface area contributed by atoms with Crippen LogP contribution in [0.25, 0.3) is 5.69 Å². The van der Waals surface area contributed by atoms with Gasteiger partial charge in [-0.3, -0.25) is 14.2 Å². The molecule has 0 atom stereocenters. The topological polar surface area (TPSA) is 76.9 Å². The highest BCUT2D eigenvalue weighted by molar-refractivity contribution is 7.99. The Morgan fingerprint density at radius 2 is 1.79 bits per heavy atom. The van der Waals surface area contributed by atoms with Gasteiger partial charge in [-0.25, -0.2) is 8.78 Å². The molecule has 0 fully saturated rings. The predicted molar refractivity (Wildman–Crippen MR) is 105 cm³/mol. The second kappa shape index (κ2) is 9.42. The number of carbonyl (C=O) groups is 2. The molecule has 29 heavy (non-hydrogen) atoms. The van der Waals surface area contributed by atoms with Crippen molar-refractivity contribution in [2.24, 2.45) is 0 Å². The Morgan fingerprint density at radius 1 is 1.07 bits per heavy atom. The third kappa shape index (κ3) is 5.26. The minimum atomic E-state index is -0.459. The lowest BCUT2D eigenvalue weighted by atomic mass is 10.1. The van der Waals surface area contributed by atoms with E-state index < -0.39 is 11.6 Å². The Hall–Kier alpha value is -3.07. The van der Waals surface area contributed by atoms with Crippen molar-refractivity contribution >= 4 is 23.5 Å². The zero-order valence-corrected chi connectivity index (χ0v) is 16.4. The molecule has 0 aliphatic heterocycles. The van der Waals surface area contributed by atoms with Crippen molar-refractivity contribution in [3.63, 3.8) is 0 Å². The van der Waals surface area contributed by atoms with E-state index in [-0.39, 0.29) is 23.1 Å². The number of Topliss-reactive ketones (excluding diaryl/α,β-unsaturated/α-hetero) is 1. The van der Waals surface area contributed by atoms with Crippen molar-refractivity contribution in [1.82, 2.24) is 20.1 Å². The number of halogens is 2. The number of para-hydroxylation sites is 1. The van der Waals surface area contributed by atoms with Gasteiger partial charge in [0.25, 0.3) is 0 Å². The highest BCUT2D eigenvalue weighted by atomic mass is 32.2. The van der Waals surface area contributed by atoms with Crippen molar-refractivity contribution in [3.8, 4) is 5.69 Å². The monoisotopic (exact) mass is 416 g/mol. The number of ketones is 1. The molecule has 0 aliphatic rings. The number of nitrogens with zero attached hydrogens (tertiary/aromatic N) is 3. The Balaban J connectivity index is 1.83. The number of aromatic nitrogens is 3. The van der Waals surface area contributed by atoms with Crippen LogP contribution in [0, 0.1) is 11.6 Å². The van der Waals surface area contributed by atoms with E-state index in [0.29, 0.717) is 29.5 Å². The molecule has 0 aliphatic carbocycles. The highest BCUT2D eigenvalue weighted by Crippen LogP contribution is 2.25. The van der Waals surface area contributed by atoms with Crippen LogP contribution >= 0.6 is 11.8 Å². The van der Waals surface area contributed by atoms with Crippen LogP contribution in [0.5, 0.6) is 0 Å². The molecule has 3 rings (SSSR count). The van der Waals surface area contributed by atoms with E-state index in [1.54, 1.807) is 22.8 Å². The van der Waals surface area contributed by atoms with Crippen LogP contribution in [0.4, 0.5) is 8.78 Å². The Morgan fingerprint density at radius 3 is 2.48 bits per heavy atom. The maximum atomic E-state index is 14.4. The number of rotatable bonds is 8. The predicted octanol–water partition coefficient (Wildman–Crippen LogP) is 3.20. The van der Waals surface area contributed by atoms with Crippen molar-refractivity contribution in [3.05, 3.63) is 71.6 Å². The van der Waals surface area contributed by atoms with Crippen LogP contribution in [0.2, 0.25) is 0 Å². The molecule has 0 unspecified atom stereocenters. The number of hydrogen-bond acceptors (Lipinski definition) is 5. The van der Waals surface area contributed by atoms with E-state index in [4.69, 9.17) is 0 Å². The molecule has 1 heterocycles. The molecule has 150 valence electrons. The molecule has 1 amide bonds. The third-order valence-corrected chi connectivity index (χ3v) is 4.94. The van der Waals surface area contributed by atoms with Crippen molar-refractivity contribution < 1.29 is 18.4 Å². The van der Waals surface area contributed by atoms with Gasteiger partial charge in [0.05, 0.1) is 11.4 Å². The molecule has 2 aromatic carbocycles. The van der Waals surface area contributed by atoms with Crippen LogP contribution in [-0.4, -0.2) is 38.8 Å². The van der Waals surface area contributed by atoms with E-state index in [1.165, 1.54) is 37.3 Å². The van der Waals surface area contributed by atoms with Gasteiger partial charge in [0.15, 0.2) is 10.9 Å². The Labute approximate surface area is 170 Å². The molecule has 6 nitrogen and oxygen atoms in total. The molecule has 0 spiro atoms. The van der Waals surface area contributed by atoms with Crippen LogP contribution in [-0.2, 0) is 11.2 Å². The summed E-state index contributed by atoms with van der Waals surface area (Å²) in [5.74, 6) is -0.777. The lowest BCUT2D eigenvalue weighted by Gasteiger charge is -2.11. The van der Waals surface area contributed by atoms with Gasteiger partial charge in [-0.1, -0.05) is 23.9 Å². The molecular weight excluding hydrogens is 398 g/mol. The average molecular weight is 416 g/mol. The molecule has 3 aromatic rings. The van der Waals surface area contributed by atoms with Crippen LogP contribution in [0.15, 0.2) is 53.7 Å². The summed E-state index contributed by atoms with van der Waals surface area (Å²) in [6.45, 7) is 1.73. The number of thioether (sulfide) groups is 1. The minimum absolute atomic E-state index is 0.0317. The van der Waals surface area contributed by atoms with Crippen LogP contribution in [0.3, 0.4) is 0 Å². The fourth-order valence-corrected chi connectivity index (χ4v) is 3.49. The smallest absolute Gasteiger partial charge is 0.216 e. The summed E-state index contributed by atoms with van der Waals surface area (Å²) in [5.41, 5.74) is 0.633. The summed E-state index contributed by atoms with van der Waals surface area (Å²) in [6.07, 6.45) is 0.341. The van der Waals surface area contributed by atoms with Crippen molar-refractivity contribution in [1.29, 1.82) is 0 Å². The normalized spacial score (nSPS) is 10.7. The van der Waals surface area contributed by atoms with Crippen LogP contribution in [0.1, 0.15) is 23.1 Å². The van der Waals surface area contributed by atoms with Crippen molar-refractivity contribution in [2.75, 3.05) is 12.3 Å². The summed E-state index contributed by atoms with van der Waals surface area (Å²) in [4.78, 5) is 23.5. The highest BCUT2D eigenvalue weighted by Gasteiger charge is 2.18. The fourth-order valence-electron chi connectivity index (χ4n) is 2.63. The van der Waals surface area contributed by atoms with Gasteiger partial charge in [0.2, 0.25) is 5.91 Å².